The molecule has 0 aromatic heterocycles. The van der Waals surface area contributed by atoms with Crippen molar-refractivity contribution in [3.05, 3.63) is 34.9 Å². The fraction of sp³-hybridized carbons (Fsp3) is 0.579. The molecule has 1 unspecified atom stereocenters. The number of imide groups is 1. The molecule has 2 fully saturated rings. The molecule has 0 radical (unpaired) electrons. The van der Waals surface area contributed by atoms with Gasteiger partial charge in [0.25, 0.3) is 0 Å². The molecular weight excluding hydrogens is 342 g/mol. The minimum Gasteiger partial charge on any atom is -0.389 e. The Morgan fingerprint density at radius 2 is 1.92 bits per heavy atom. The molecule has 1 heterocycles. The van der Waals surface area contributed by atoms with Crippen LogP contribution in [0.25, 0.3) is 0 Å². The average molecular weight is 366 g/mol. The second kappa shape index (κ2) is 7.85. The van der Waals surface area contributed by atoms with Gasteiger partial charge in [-0.15, -0.1) is 0 Å². The van der Waals surface area contributed by atoms with Crippen molar-refractivity contribution in [1.82, 2.24) is 4.90 Å². The third kappa shape index (κ3) is 4.05. The SMILES string of the molecule is O=C1CC2(CCCCC2)C(=O)N1CC(O)COCc1ccccc1Cl. The van der Waals surface area contributed by atoms with Crippen molar-refractivity contribution in [3.8, 4) is 0 Å². The zero-order chi connectivity index (χ0) is 17.9. The van der Waals surface area contributed by atoms with Crippen molar-refractivity contribution in [2.75, 3.05) is 13.2 Å². The van der Waals surface area contributed by atoms with Gasteiger partial charge < -0.3 is 9.84 Å². The lowest BCUT2D eigenvalue weighted by molar-refractivity contribution is -0.144. The molecule has 1 saturated carbocycles. The molecule has 1 atom stereocenters. The van der Waals surface area contributed by atoms with E-state index in [-0.39, 0.29) is 31.6 Å². The lowest BCUT2D eigenvalue weighted by Crippen LogP contribution is -2.42. The first-order valence-corrected chi connectivity index (χ1v) is 9.24. The first-order chi connectivity index (χ1) is 12.0. The van der Waals surface area contributed by atoms with Crippen LogP contribution in [-0.2, 0) is 20.9 Å². The van der Waals surface area contributed by atoms with Gasteiger partial charge in [0.1, 0.15) is 0 Å². The van der Waals surface area contributed by atoms with E-state index in [2.05, 4.69) is 0 Å². The monoisotopic (exact) mass is 365 g/mol. The molecule has 1 saturated heterocycles. The van der Waals surface area contributed by atoms with E-state index in [1.165, 1.54) is 4.90 Å². The smallest absolute Gasteiger partial charge is 0.235 e. The van der Waals surface area contributed by atoms with Gasteiger partial charge in [-0.25, -0.2) is 0 Å². The largest absolute Gasteiger partial charge is 0.389 e. The van der Waals surface area contributed by atoms with Crippen LogP contribution in [0, 0.1) is 5.41 Å². The minimum atomic E-state index is -0.894. The van der Waals surface area contributed by atoms with Gasteiger partial charge in [0.05, 0.1) is 31.3 Å². The van der Waals surface area contributed by atoms with Crippen molar-refractivity contribution in [2.45, 2.75) is 51.2 Å². The van der Waals surface area contributed by atoms with Crippen molar-refractivity contribution in [2.24, 2.45) is 5.41 Å². The highest BCUT2D eigenvalue weighted by atomic mass is 35.5. The standard InChI is InChI=1S/C19H24ClNO4/c20-16-7-3-2-6-14(16)12-25-13-15(22)11-21-17(23)10-19(18(21)24)8-4-1-5-9-19/h2-3,6-7,15,22H,1,4-5,8-13H2. The maximum atomic E-state index is 12.7. The summed E-state index contributed by atoms with van der Waals surface area (Å²) in [5.41, 5.74) is 0.332. The minimum absolute atomic E-state index is 0.00192. The summed E-state index contributed by atoms with van der Waals surface area (Å²) >= 11 is 6.06. The Labute approximate surface area is 152 Å². The molecule has 25 heavy (non-hydrogen) atoms. The Morgan fingerprint density at radius 3 is 2.64 bits per heavy atom. The molecule has 6 heteroatoms. The molecule has 1 aromatic carbocycles. The molecule has 1 N–H and O–H groups in total. The predicted molar refractivity (Wildman–Crippen MR) is 94.0 cm³/mol. The quantitative estimate of drug-likeness (QED) is 0.787. The molecule has 0 bridgehead atoms. The number of β-amino-alcohol motifs (C(OH)–C–C–N with tert-alkyl or cyclic N) is 1. The Bertz CT molecular complexity index is 642. The molecule has 1 aromatic rings. The van der Waals surface area contributed by atoms with E-state index in [9.17, 15) is 14.7 Å². The number of nitrogens with zero attached hydrogens (tertiary/aromatic N) is 1. The van der Waals surface area contributed by atoms with Crippen LogP contribution in [0.1, 0.15) is 44.1 Å². The maximum absolute atomic E-state index is 12.7. The van der Waals surface area contributed by atoms with Gasteiger partial charge in [-0.05, 0) is 24.5 Å². The normalized spacial score (nSPS) is 21.1. The molecule has 1 spiro atoms. The number of likely N-dealkylation sites (tertiary alicyclic amines) is 1. The number of ether oxygens (including phenoxy) is 1. The number of aliphatic hydroxyl groups excluding tert-OH is 1. The molecule has 2 amide bonds. The topological polar surface area (TPSA) is 66.8 Å². The molecule has 1 aliphatic heterocycles. The fourth-order valence-corrected chi connectivity index (χ4v) is 4.04. The van der Waals surface area contributed by atoms with E-state index < -0.39 is 11.5 Å². The van der Waals surface area contributed by atoms with Crippen LogP contribution in [0.15, 0.2) is 24.3 Å². The average Bonchev–Trinajstić information content (AvgIpc) is 2.81. The van der Waals surface area contributed by atoms with E-state index in [1.54, 1.807) is 6.07 Å². The first-order valence-electron chi connectivity index (χ1n) is 8.86. The summed E-state index contributed by atoms with van der Waals surface area (Å²) in [6.07, 6.45) is 4.09. The van der Waals surface area contributed by atoms with Gasteiger partial charge in [0.2, 0.25) is 11.8 Å². The van der Waals surface area contributed by atoms with E-state index in [1.807, 2.05) is 18.2 Å². The van der Waals surface area contributed by atoms with Gasteiger partial charge in [-0.3, -0.25) is 14.5 Å². The second-order valence-electron chi connectivity index (χ2n) is 7.09. The number of carbonyl (C=O) groups excluding carboxylic acids is 2. The summed E-state index contributed by atoms with van der Waals surface area (Å²) in [4.78, 5) is 26.2. The number of aliphatic hydroxyl groups is 1. The molecule has 1 aliphatic carbocycles. The van der Waals surface area contributed by atoms with E-state index in [0.717, 1.165) is 37.7 Å². The lowest BCUT2D eigenvalue weighted by Gasteiger charge is -2.30. The highest BCUT2D eigenvalue weighted by Crippen LogP contribution is 2.45. The summed E-state index contributed by atoms with van der Waals surface area (Å²) in [5.74, 6) is -0.278. The third-order valence-corrected chi connectivity index (χ3v) is 5.59. The highest BCUT2D eigenvalue weighted by molar-refractivity contribution is 6.31. The van der Waals surface area contributed by atoms with Crippen molar-refractivity contribution in [3.63, 3.8) is 0 Å². The zero-order valence-electron chi connectivity index (χ0n) is 14.2. The number of hydrogen-bond acceptors (Lipinski definition) is 4. The van der Waals surface area contributed by atoms with Crippen LogP contribution in [-0.4, -0.2) is 41.1 Å². The first kappa shape index (κ1) is 18.4. The van der Waals surface area contributed by atoms with E-state index in [4.69, 9.17) is 16.3 Å². The summed E-state index contributed by atoms with van der Waals surface area (Å²) in [6, 6.07) is 7.34. The second-order valence-corrected chi connectivity index (χ2v) is 7.49. The Hall–Kier alpha value is -1.43. The van der Waals surface area contributed by atoms with Crippen LogP contribution in [0.3, 0.4) is 0 Å². The van der Waals surface area contributed by atoms with Crippen LogP contribution < -0.4 is 0 Å². The number of benzene rings is 1. The van der Waals surface area contributed by atoms with E-state index in [0.29, 0.717) is 11.4 Å². The summed E-state index contributed by atoms with van der Waals surface area (Å²) < 4.78 is 5.50. The Morgan fingerprint density at radius 1 is 1.20 bits per heavy atom. The maximum Gasteiger partial charge on any atom is 0.235 e. The summed E-state index contributed by atoms with van der Waals surface area (Å²) in [7, 11) is 0. The van der Waals surface area contributed by atoms with Crippen LogP contribution in [0.5, 0.6) is 0 Å². The summed E-state index contributed by atoms with van der Waals surface area (Å²) in [5, 5.41) is 10.8. The molecule has 5 nitrogen and oxygen atoms in total. The molecule has 136 valence electrons. The molecule has 2 aliphatic rings. The van der Waals surface area contributed by atoms with Gasteiger partial charge in [-0.1, -0.05) is 49.1 Å². The van der Waals surface area contributed by atoms with Crippen molar-refractivity contribution < 1.29 is 19.4 Å². The zero-order valence-corrected chi connectivity index (χ0v) is 15.0. The third-order valence-electron chi connectivity index (χ3n) is 5.22. The Balaban J connectivity index is 1.51. The van der Waals surface area contributed by atoms with Crippen LogP contribution >= 0.6 is 11.6 Å². The number of amides is 2. The van der Waals surface area contributed by atoms with Gasteiger partial charge in [0, 0.05) is 11.4 Å². The van der Waals surface area contributed by atoms with Gasteiger partial charge in [0.15, 0.2) is 0 Å². The van der Waals surface area contributed by atoms with Gasteiger partial charge >= 0.3 is 0 Å². The van der Waals surface area contributed by atoms with Crippen LogP contribution in [0.2, 0.25) is 5.02 Å². The number of hydrogen-bond donors (Lipinski definition) is 1. The van der Waals surface area contributed by atoms with Crippen molar-refractivity contribution in [1.29, 1.82) is 0 Å². The fourth-order valence-electron chi connectivity index (χ4n) is 3.85. The Kier molecular flexibility index (Phi) is 5.77. The number of halogens is 1. The number of rotatable bonds is 6. The molecule has 3 rings (SSSR count). The van der Waals surface area contributed by atoms with E-state index >= 15 is 0 Å². The molecular formula is C19H24ClNO4. The van der Waals surface area contributed by atoms with Crippen molar-refractivity contribution >= 4 is 23.4 Å². The lowest BCUT2D eigenvalue weighted by atomic mass is 9.73. The highest BCUT2D eigenvalue weighted by Gasteiger charge is 2.51. The summed E-state index contributed by atoms with van der Waals surface area (Å²) in [6.45, 7) is 0.333. The van der Waals surface area contributed by atoms with Crippen LogP contribution in [0.4, 0.5) is 0 Å². The van der Waals surface area contributed by atoms with Gasteiger partial charge in [-0.2, -0.15) is 0 Å². The predicted octanol–water partition coefficient (Wildman–Crippen LogP) is 2.93. The number of carbonyl (C=O) groups is 2.